The quantitative estimate of drug-likeness (QED) is 0.850. The van der Waals surface area contributed by atoms with E-state index in [1.165, 1.54) is 12.1 Å². The molecule has 2 aromatic rings. The van der Waals surface area contributed by atoms with Gasteiger partial charge in [-0.15, -0.1) is 0 Å². The SMILES string of the molecule is N#Cc1cc(Br)ccc1Oc1cc(F)c(N)cc1F. The number of benzene rings is 2. The smallest absolute Gasteiger partial charge is 0.167 e. The lowest BCUT2D eigenvalue weighted by molar-refractivity contribution is 0.436. The maximum absolute atomic E-state index is 13.6. The van der Waals surface area contributed by atoms with Gasteiger partial charge in [-0.1, -0.05) is 15.9 Å². The Bertz CT molecular complexity index is 683. The van der Waals surface area contributed by atoms with Gasteiger partial charge in [0.1, 0.15) is 17.6 Å². The maximum atomic E-state index is 13.6. The number of nitriles is 1. The minimum absolute atomic E-state index is 0.133. The lowest BCUT2D eigenvalue weighted by atomic mass is 10.2. The van der Waals surface area contributed by atoms with Gasteiger partial charge in [0, 0.05) is 16.6 Å². The minimum Gasteiger partial charge on any atom is -0.453 e. The zero-order chi connectivity index (χ0) is 14.0. The number of anilines is 1. The largest absolute Gasteiger partial charge is 0.453 e. The van der Waals surface area contributed by atoms with E-state index < -0.39 is 11.6 Å². The van der Waals surface area contributed by atoms with E-state index in [1.54, 1.807) is 6.07 Å². The van der Waals surface area contributed by atoms with Crippen LogP contribution >= 0.6 is 15.9 Å². The van der Waals surface area contributed by atoms with E-state index in [0.29, 0.717) is 4.47 Å². The van der Waals surface area contributed by atoms with Crippen LogP contribution in [0.4, 0.5) is 14.5 Å². The molecule has 19 heavy (non-hydrogen) atoms. The van der Waals surface area contributed by atoms with Crippen molar-refractivity contribution in [2.75, 3.05) is 5.73 Å². The first-order valence-electron chi connectivity index (χ1n) is 5.13. The summed E-state index contributed by atoms with van der Waals surface area (Å²) in [5.41, 5.74) is 5.13. The Labute approximate surface area is 116 Å². The van der Waals surface area contributed by atoms with Crippen molar-refractivity contribution in [3.05, 3.63) is 52.0 Å². The van der Waals surface area contributed by atoms with E-state index in [-0.39, 0.29) is 22.7 Å². The average molecular weight is 325 g/mol. The Balaban J connectivity index is 2.42. The zero-order valence-corrected chi connectivity index (χ0v) is 11.0. The van der Waals surface area contributed by atoms with Gasteiger partial charge < -0.3 is 10.5 Å². The van der Waals surface area contributed by atoms with Crippen LogP contribution < -0.4 is 10.5 Å². The van der Waals surface area contributed by atoms with E-state index in [4.69, 9.17) is 15.7 Å². The number of rotatable bonds is 2. The van der Waals surface area contributed by atoms with E-state index in [1.807, 2.05) is 6.07 Å². The molecule has 0 atom stereocenters. The molecule has 0 aliphatic rings. The molecular formula is C13H7BrF2N2O. The van der Waals surface area contributed by atoms with Crippen molar-refractivity contribution >= 4 is 21.6 Å². The van der Waals surface area contributed by atoms with Gasteiger partial charge in [0.2, 0.25) is 0 Å². The summed E-state index contributed by atoms with van der Waals surface area (Å²) >= 11 is 3.20. The molecule has 0 saturated carbocycles. The summed E-state index contributed by atoms with van der Waals surface area (Å²) in [4.78, 5) is 0. The number of halogens is 3. The number of nitrogens with zero attached hydrogens (tertiary/aromatic N) is 1. The summed E-state index contributed by atoms with van der Waals surface area (Å²) in [6.07, 6.45) is 0. The van der Waals surface area contributed by atoms with Gasteiger partial charge in [-0.25, -0.2) is 8.78 Å². The fourth-order valence-corrected chi connectivity index (χ4v) is 1.78. The van der Waals surface area contributed by atoms with Crippen LogP contribution in [0.1, 0.15) is 5.56 Å². The van der Waals surface area contributed by atoms with Gasteiger partial charge in [-0.3, -0.25) is 0 Å². The van der Waals surface area contributed by atoms with E-state index in [0.717, 1.165) is 12.1 Å². The number of ether oxygens (including phenoxy) is 1. The molecule has 3 nitrogen and oxygen atoms in total. The predicted octanol–water partition coefficient (Wildman–Crippen LogP) is 3.97. The fourth-order valence-electron chi connectivity index (χ4n) is 1.42. The van der Waals surface area contributed by atoms with Crippen molar-refractivity contribution in [1.29, 1.82) is 5.26 Å². The molecule has 2 rings (SSSR count). The van der Waals surface area contributed by atoms with Crippen LogP contribution in [-0.4, -0.2) is 0 Å². The first-order valence-corrected chi connectivity index (χ1v) is 5.92. The molecule has 2 aromatic carbocycles. The van der Waals surface area contributed by atoms with Crippen molar-refractivity contribution in [2.45, 2.75) is 0 Å². The maximum Gasteiger partial charge on any atom is 0.167 e. The lowest BCUT2D eigenvalue weighted by Gasteiger charge is -2.09. The van der Waals surface area contributed by atoms with Crippen molar-refractivity contribution in [2.24, 2.45) is 0 Å². The van der Waals surface area contributed by atoms with Crippen LogP contribution in [0.5, 0.6) is 11.5 Å². The molecule has 0 aliphatic carbocycles. The summed E-state index contributed by atoms with van der Waals surface area (Å²) in [7, 11) is 0. The molecular weight excluding hydrogens is 318 g/mol. The fraction of sp³-hybridized carbons (Fsp3) is 0. The van der Waals surface area contributed by atoms with Crippen LogP contribution in [0, 0.1) is 23.0 Å². The molecule has 6 heteroatoms. The zero-order valence-electron chi connectivity index (χ0n) is 9.45. The Hall–Kier alpha value is -2.13. The van der Waals surface area contributed by atoms with E-state index >= 15 is 0 Å². The lowest BCUT2D eigenvalue weighted by Crippen LogP contribution is -1.96. The second-order valence-corrected chi connectivity index (χ2v) is 4.57. The molecule has 0 amide bonds. The molecule has 96 valence electrons. The van der Waals surface area contributed by atoms with Crippen molar-refractivity contribution in [3.63, 3.8) is 0 Å². The molecule has 0 heterocycles. The molecule has 0 unspecified atom stereocenters. The summed E-state index contributed by atoms with van der Waals surface area (Å²) in [5.74, 6) is -1.78. The number of hydrogen-bond donors (Lipinski definition) is 1. The molecule has 0 radical (unpaired) electrons. The Morgan fingerprint density at radius 1 is 1.11 bits per heavy atom. The first-order chi connectivity index (χ1) is 9.01. The van der Waals surface area contributed by atoms with Crippen molar-refractivity contribution in [1.82, 2.24) is 0 Å². The van der Waals surface area contributed by atoms with Gasteiger partial charge in [0.25, 0.3) is 0 Å². The van der Waals surface area contributed by atoms with Gasteiger partial charge in [-0.2, -0.15) is 5.26 Å². The monoisotopic (exact) mass is 324 g/mol. The Morgan fingerprint density at radius 2 is 1.84 bits per heavy atom. The Kier molecular flexibility index (Phi) is 3.67. The van der Waals surface area contributed by atoms with Gasteiger partial charge in [0.15, 0.2) is 11.6 Å². The van der Waals surface area contributed by atoms with Crippen LogP contribution in [0.15, 0.2) is 34.8 Å². The first kappa shape index (κ1) is 13.3. The average Bonchev–Trinajstić information content (AvgIpc) is 2.37. The highest BCUT2D eigenvalue weighted by Gasteiger charge is 2.12. The number of nitrogen functional groups attached to an aromatic ring is 1. The normalized spacial score (nSPS) is 10.0. The molecule has 0 saturated heterocycles. The Morgan fingerprint density at radius 3 is 2.53 bits per heavy atom. The van der Waals surface area contributed by atoms with Crippen molar-refractivity contribution < 1.29 is 13.5 Å². The van der Waals surface area contributed by atoms with E-state index in [9.17, 15) is 8.78 Å². The number of nitrogens with two attached hydrogens (primary N) is 1. The number of hydrogen-bond acceptors (Lipinski definition) is 3. The van der Waals surface area contributed by atoms with Crippen LogP contribution in [0.2, 0.25) is 0 Å². The third-order valence-corrected chi connectivity index (χ3v) is 2.83. The predicted molar refractivity (Wildman–Crippen MR) is 69.7 cm³/mol. The third kappa shape index (κ3) is 2.83. The van der Waals surface area contributed by atoms with Gasteiger partial charge >= 0.3 is 0 Å². The molecule has 0 aliphatic heterocycles. The minimum atomic E-state index is -0.800. The molecule has 0 fully saturated rings. The highest BCUT2D eigenvalue weighted by Crippen LogP contribution is 2.31. The third-order valence-electron chi connectivity index (χ3n) is 2.33. The summed E-state index contributed by atoms with van der Waals surface area (Å²) < 4.78 is 32.7. The van der Waals surface area contributed by atoms with Crippen LogP contribution in [0.3, 0.4) is 0 Å². The molecule has 0 aromatic heterocycles. The van der Waals surface area contributed by atoms with Gasteiger partial charge in [0.05, 0.1) is 11.3 Å². The standard InChI is InChI=1S/C13H7BrF2N2O/c14-8-1-2-12(7(3-8)6-17)19-13-5-9(15)11(18)4-10(13)16/h1-5H,18H2. The van der Waals surface area contributed by atoms with Crippen LogP contribution in [0.25, 0.3) is 0 Å². The highest BCUT2D eigenvalue weighted by molar-refractivity contribution is 9.10. The van der Waals surface area contributed by atoms with Crippen LogP contribution in [-0.2, 0) is 0 Å². The molecule has 2 N–H and O–H groups in total. The second-order valence-electron chi connectivity index (χ2n) is 3.66. The summed E-state index contributed by atoms with van der Waals surface area (Å²) in [6, 6.07) is 8.20. The summed E-state index contributed by atoms with van der Waals surface area (Å²) in [6.45, 7) is 0. The topological polar surface area (TPSA) is 59.0 Å². The molecule has 0 bridgehead atoms. The van der Waals surface area contributed by atoms with Gasteiger partial charge in [-0.05, 0) is 18.2 Å². The van der Waals surface area contributed by atoms with Crippen molar-refractivity contribution in [3.8, 4) is 17.6 Å². The second kappa shape index (κ2) is 5.24. The highest BCUT2D eigenvalue weighted by atomic mass is 79.9. The van der Waals surface area contributed by atoms with E-state index in [2.05, 4.69) is 15.9 Å². The molecule has 0 spiro atoms. The summed E-state index contributed by atoms with van der Waals surface area (Å²) in [5, 5.41) is 8.95.